The largest absolute Gasteiger partial charge is 0.490 e. The van der Waals surface area contributed by atoms with Crippen molar-refractivity contribution in [3.05, 3.63) is 63.7 Å². The number of nitro groups is 1. The number of carbonyl (C=O) groups is 2. The van der Waals surface area contributed by atoms with E-state index in [0.29, 0.717) is 6.42 Å². The Balaban J connectivity index is 2.26. The molecule has 1 N–H and O–H groups in total. The van der Waals surface area contributed by atoms with Crippen molar-refractivity contribution in [1.29, 1.82) is 0 Å². The van der Waals surface area contributed by atoms with E-state index in [1.807, 2.05) is 52.0 Å². The van der Waals surface area contributed by atoms with Gasteiger partial charge < -0.3 is 19.7 Å². The van der Waals surface area contributed by atoms with E-state index in [4.69, 9.17) is 9.47 Å². The van der Waals surface area contributed by atoms with Crippen molar-refractivity contribution in [2.75, 3.05) is 13.7 Å². The van der Waals surface area contributed by atoms with Gasteiger partial charge in [0.15, 0.2) is 6.61 Å². The number of hydrogen-bond acceptors (Lipinski definition) is 6. The van der Waals surface area contributed by atoms with Crippen LogP contribution in [0.4, 0.5) is 5.69 Å². The molecule has 178 valence electrons. The Morgan fingerprint density at radius 2 is 1.88 bits per heavy atom. The van der Waals surface area contributed by atoms with E-state index in [1.54, 1.807) is 0 Å². The number of methoxy groups -OCH3 is 1. The highest BCUT2D eigenvalue weighted by Crippen LogP contribution is 2.30. The molecule has 0 aromatic heterocycles. The highest BCUT2D eigenvalue weighted by molar-refractivity contribution is 5.88. The van der Waals surface area contributed by atoms with E-state index in [1.165, 1.54) is 30.2 Å². The van der Waals surface area contributed by atoms with Gasteiger partial charge in [0.2, 0.25) is 11.7 Å². The molecule has 0 aliphatic carbocycles. The summed E-state index contributed by atoms with van der Waals surface area (Å²) < 4.78 is 10.7. The van der Waals surface area contributed by atoms with Gasteiger partial charge in [-0.1, -0.05) is 31.2 Å². The fourth-order valence-corrected chi connectivity index (χ4v) is 3.40. The Bertz CT molecular complexity index is 992. The van der Waals surface area contributed by atoms with Gasteiger partial charge in [-0.05, 0) is 44.4 Å². The number of benzene rings is 2. The zero-order valence-electron chi connectivity index (χ0n) is 19.7. The zero-order chi connectivity index (χ0) is 24.5. The van der Waals surface area contributed by atoms with Gasteiger partial charge >= 0.3 is 5.69 Å². The second kappa shape index (κ2) is 11.8. The minimum absolute atomic E-state index is 0.0319. The number of carbonyl (C=O) groups excluding carboxylic acids is 2. The van der Waals surface area contributed by atoms with E-state index in [-0.39, 0.29) is 48.2 Å². The molecule has 2 aromatic carbocycles. The Hall–Kier alpha value is -3.62. The number of rotatable bonds is 11. The third-order valence-electron chi connectivity index (χ3n) is 5.13. The average Bonchev–Trinajstić information content (AvgIpc) is 2.77. The van der Waals surface area contributed by atoms with Crippen LogP contribution in [0.15, 0.2) is 42.5 Å². The molecule has 33 heavy (non-hydrogen) atoms. The number of aryl methyl sites for hydroxylation is 1. The molecule has 1 unspecified atom stereocenters. The zero-order valence-corrected chi connectivity index (χ0v) is 19.7. The van der Waals surface area contributed by atoms with E-state index in [2.05, 4.69) is 5.32 Å². The lowest BCUT2D eigenvalue weighted by Gasteiger charge is -2.31. The molecule has 2 amide bonds. The predicted molar refractivity (Wildman–Crippen MR) is 124 cm³/mol. The lowest BCUT2D eigenvalue weighted by Crippen LogP contribution is -2.51. The Morgan fingerprint density at radius 1 is 1.18 bits per heavy atom. The summed E-state index contributed by atoms with van der Waals surface area (Å²) in [7, 11) is 1.32. The first-order valence-corrected chi connectivity index (χ1v) is 10.8. The molecule has 0 radical (unpaired) electrons. The first-order valence-electron chi connectivity index (χ1n) is 10.8. The van der Waals surface area contributed by atoms with Crippen LogP contribution in [0.1, 0.15) is 38.3 Å². The van der Waals surface area contributed by atoms with Crippen molar-refractivity contribution in [3.8, 4) is 11.5 Å². The van der Waals surface area contributed by atoms with Crippen LogP contribution >= 0.6 is 0 Å². The molecule has 0 saturated heterocycles. The van der Waals surface area contributed by atoms with Crippen LogP contribution in [0.3, 0.4) is 0 Å². The maximum Gasteiger partial charge on any atom is 0.311 e. The molecule has 2 aromatic rings. The summed E-state index contributed by atoms with van der Waals surface area (Å²) >= 11 is 0. The first-order chi connectivity index (χ1) is 15.7. The highest BCUT2D eigenvalue weighted by atomic mass is 16.6. The summed E-state index contributed by atoms with van der Waals surface area (Å²) in [6, 6.07) is 11.0. The molecular weight excluding hydrogens is 426 g/mol. The van der Waals surface area contributed by atoms with Gasteiger partial charge in [-0.2, -0.15) is 0 Å². The van der Waals surface area contributed by atoms with Crippen LogP contribution in [0.5, 0.6) is 11.5 Å². The number of nitrogens with one attached hydrogen (secondary N) is 1. The molecule has 0 spiro atoms. The van der Waals surface area contributed by atoms with Gasteiger partial charge in [-0.3, -0.25) is 19.7 Å². The molecule has 0 saturated carbocycles. The summed E-state index contributed by atoms with van der Waals surface area (Å²) in [4.78, 5) is 38.1. The van der Waals surface area contributed by atoms with Crippen LogP contribution in [0.2, 0.25) is 0 Å². The minimum Gasteiger partial charge on any atom is -0.490 e. The standard InChI is InChI=1S/C24H31N3O6/c1-6-20(24(29)25-16(2)3)26(14-18-10-8-7-9-17(18)4)23(28)15-33-19-11-12-21(27(30)31)22(13-19)32-5/h7-13,16,20H,6,14-15H2,1-5H3,(H,25,29). The number of nitro benzene ring substituents is 1. The monoisotopic (exact) mass is 457 g/mol. The lowest BCUT2D eigenvalue weighted by molar-refractivity contribution is -0.385. The summed E-state index contributed by atoms with van der Waals surface area (Å²) in [5.41, 5.74) is 1.74. The molecule has 0 fully saturated rings. The van der Waals surface area contributed by atoms with E-state index in [9.17, 15) is 19.7 Å². The molecule has 9 heteroatoms. The van der Waals surface area contributed by atoms with Crippen LogP contribution in [-0.4, -0.2) is 47.4 Å². The normalized spacial score (nSPS) is 11.6. The van der Waals surface area contributed by atoms with Crippen molar-refractivity contribution >= 4 is 17.5 Å². The SMILES string of the molecule is CCC(C(=O)NC(C)C)N(Cc1ccccc1C)C(=O)COc1ccc([N+](=O)[O-])c(OC)c1. The van der Waals surface area contributed by atoms with Crippen molar-refractivity contribution < 1.29 is 24.0 Å². The van der Waals surface area contributed by atoms with Crippen molar-refractivity contribution in [3.63, 3.8) is 0 Å². The highest BCUT2D eigenvalue weighted by Gasteiger charge is 2.29. The summed E-state index contributed by atoms with van der Waals surface area (Å²) in [6.45, 7) is 7.45. The second-order valence-electron chi connectivity index (χ2n) is 7.91. The van der Waals surface area contributed by atoms with Gasteiger partial charge in [-0.25, -0.2) is 0 Å². The Kier molecular flexibility index (Phi) is 9.20. The Morgan fingerprint density at radius 3 is 2.45 bits per heavy atom. The van der Waals surface area contributed by atoms with E-state index in [0.717, 1.165) is 11.1 Å². The third-order valence-corrected chi connectivity index (χ3v) is 5.13. The van der Waals surface area contributed by atoms with Crippen LogP contribution in [-0.2, 0) is 16.1 Å². The summed E-state index contributed by atoms with van der Waals surface area (Å²) in [6.07, 6.45) is 0.432. The van der Waals surface area contributed by atoms with Crippen molar-refractivity contribution in [2.24, 2.45) is 0 Å². The van der Waals surface area contributed by atoms with Crippen LogP contribution in [0.25, 0.3) is 0 Å². The molecule has 9 nitrogen and oxygen atoms in total. The van der Waals surface area contributed by atoms with E-state index < -0.39 is 11.0 Å². The quantitative estimate of drug-likeness (QED) is 0.408. The fraction of sp³-hybridized carbons (Fsp3) is 0.417. The summed E-state index contributed by atoms with van der Waals surface area (Å²) in [5.74, 6) is -0.321. The minimum atomic E-state index is -0.672. The van der Waals surface area contributed by atoms with Gasteiger partial charge in [0, 0.05) is 24.7 Å². The second-order valence-corrected chi connectivity index (χ2v) is 7.91. The number of amides is 2. The number of hydrogen-bond donors (Lipinski definition) is 1. The van der Waals surface area contributed by atoms with Crippen LogP contribution < -0.4 is 14.8 Å². The van der Waals surface area contributed by atoms with E-state index >= 15 is 0 Å². The van der Waals surface area contributed by atoms with Gasteiger partial charge in [0.1, 0.15) is 11.8 Å². The Labute approximate surface area is 193 Å². The maximum atomic E-state index is 13.2. The van der Waals surface area contributed by atoms with Gasteiger partial charge in [0.25, 0.3) is 5.91 Å². The molecule has 0 bridgehead atoms. The molecule has 1 atom stereocenters. The molecule has 0 aliphatic heterocycles. The van der Waals surface area contributed by atoms with Gasteiger partial charge in [0.05, 0.1) is 12.0 Å². The fourth-order valence-electron chi connectivity index (χ4n) is 3.40. The topological polar surface area (TPSA) is 111 Å². The number of nitrogens with zero attached hydrogens (tertiary/aromatic N) is 2. The maximum absolute atomic E-state index is 13.2. The number of ether oxygens (including phenoxy) is 2. The molecule has 0 aliphatic rings. The molecule has 2 rings (SSSR count). The van der Waals surface area contributed by atoms with Crippen molar-refractivity contribution in [1.82, 2.24) is 10.2 Å². The predicted octanol–water partition coefficient (Wildman–Crippen LogP) is 3.62. The average molecular weight is 458 g/mol. The van der Waals surface area contributed by atoms with Crippen LogP contribution in [0, 0.1) is 17.0 Å². The van der Waals surface area contributed by atoms with Gasteiger partial charge in [-0.15, -0.1) is 0 Å². The molecule has 0 heterocycles. The molecular formula is C24H31N3O6. The summed E-state index contributed by atoms with van der Waals surface area (Å²) in [5, 5.41) is 14.0. The first kappa shape index (κ1) is 25.6. The van der Waals surface area contributed by atoms with Crippen molar-refractivity contribution in [2.45, 2.75) is 52.7 Å². The smallest absolute Gasteiger partial charge is 0.311 e. The lowest BCUT2D eigenvalue weighted by atomic mass is 10.1. The third kappa shape index (κ3) is 6.93.